The third-order valence-electron chi connectivity index (χ3n) is 2.07. The summed E-state index contributed by atoms with van der Waals surface area (Å²) >= 11 is 0. The Labute approximate surface area is 101 Å². The number of aliphatic hydroxyl groups is 1. The summed E-state index contributed by atoms with van der Waals surface area (Å²) in [6, 6.07) is 0. The lowest BCUT2D eigenvalue weighted by atomic mass is 10.3. The first-order valence-electron chi connectivity index (χ1n) is 5.58. The van der Waals surface area contributed by atoms with Crippen molar-refractivity contribution in [3.63, 3.8) is 0 Å². The average molecular weight is 240 g/mol. The van der Waals surface area contributed by atoms with Crippen molar-refractivity contribution in [1.82, 2.24) is 9.97 Å². The van der Waals surface area contributed by atoms with Gasteiger partial charge in [0, 0.05) is 13.6 Å². The number of likely N-dealkylation sites (N-methyl/N-ethyl adjacent to an activating group) is 1. The van der Waals surface area contributed by atoms with Crippen LogP contribution in [-0.2, 0) is 0 Å². The molecule has 0 amide bonds. The van der Waals surface area contributed by atoms with Crippen molar-refractivity contribution >= 4 is 11.5 Å². The first-order valence-corrected chi connectivity index (χ1v) is 5.58. The first-order chi connectivity index (χ1) is 7.91. The van der Waals surface area contributed by atoms with Gasteiger partial charge in [-0.15, -0.1) is 0 Å². The summed E-state index contributed by atoms with van der Waals surface area (Å²) in [6.07, 6.45) is 0.952. The van der Waals surface area contributed by atoms with Gasteiger partial charge in [-0.3, -0.25) is 0 Å². The summed E-state index contributed by atoms with van der Waals surface area (Å²) in [5.41, 5.74) is 6.33. The number of anilines is 2. The Balaban J connectivity index is 2.93. The molecule has 1 unspecified atom stereocenters. The molecule has 1 atom stereocenters. The minimum atomic E-state index is -0.455. The summed E-state index contributed by atoms with van der Waals surface area (Å²) in [4.78, 5) is 9.86. The van der Waals surface area contributed by atoms with Crippen LogP contribution in [0.25, 0.3) is 0 Å². The van der Waals surface area contributed by atoms with Crippen LogP contribution in [0, 0.1) is 0 Å². The van der Waals surface area contributed by atoms with E-state index >= 15 is 0 Å². The normalized spacial score (nSPS) is 12.6. The number of hydrogen-bond acceptors (Lipinski definition) is 6. The number of ether oxygens (including phenoxy) is 1. The molecule has 0 saturated carbocycles. The zero-order valence-corrected chi connectivity index (χ0v) is 10.7. The maximum atomic E-state index is 9.33. The third-order valence-corrected chi connectivity index (χ3v) is 2.07. The molecule has 0 bridgehead atoms. The second-order valence-electron chi connectivity index (χ2n) is 4.31. The van der Waals surface area contributed by atoms with Crippen LogP contribution in [0.5, 0.6) is 5.88 Å². The van der Waals surface area contributed by atoms with Gasteiger partial charge in [-0.1, -0.05) is 0 Å². The van der Waals surface area contributed by atoms with Crippen LogP contribution in [0.4, 0.5) is 11.5 Å². The van der Waals surface area contributed by atoms with E-state index in [2.05, 4.69) is 9.97 Å². The average Bonchev–Trinajstić information content (AvgIpc) is 2.19. The molecule has 0 radical (unpaired) electrons. The number of aliphatic hydroxyl groups excluding tert-OH is 1. The molecule has 0 spiro atoms. The number of hydrogen-bond donors (Lipinski definition) is 2. The van der Waals surface area contributed by atoms with E-state index in [9.17, 15) is 5.11 Å². The minimum Gasteiger partial charge on any atom is -0.473 e. The Kier molecular flexibility index (Phi) is 4.51. The monoisotopic (exact) mass is 240 g/mol. The summed E-state index contributed by atoms with van der Waals surface area (Å²) in [5.74, 6) is 0.944. The second-order valence-corrected chi connectivity index (χ2v) is 4.31. The molecule has 1 rings (SSSR count). The molecule has 0 aliphatic carbocycles. The van der Waals surface area contributed by atoms with Crippen LogP contribution in [0.15, 0.2) is 6.33 Å². The summed E-state index contributed by atoms with van der Waals surface area (Å²) in [6.45, 7) is 5.96. The molecular weight excluding hydrogens is 220 g/mol. The third kappa shape index (κ3) is 3.74. The van der Waals surface area contributed by atoms with Crippen molar-refractivity contribution in [2.75, 3.05) is 24.2 Å². The highest BCUT2D eigenvalue weighted by Crippen LogP contribution is 2.27. The highest BCUT2D eigenvalue weighted by molar-refractivity contribution is 5.67. The largest absolute Gasteiger partial charge is 0.473 e. The smallest absolute Gasteiger partial charge is 0.242 e. The van der Waals surface area contributed by atoms with E-state index in [1.54, 1.807) is 11.8 Å². The van der Waals surface area contributed by atoms with Crippen LogP contribution in [0.1, 0.15) is 20.8 Å². The van der Waals surface area contributed by atoms with Crippen LogP contribution >= 0.6 is 0 Å². The van der Waals surface area contributed by atoms with Gasteiger partial charge in [-0.05, 0) is 20.8 Å². The molecule has 1 heterocycles. The molecule has 96 valence electrons. The number of nitrogens with two attached hydrogens (primary N) is 1. The molecule has 3 N–H and O–H groups in total. The highest BCUT2D eigenvalue weighted by Gasteiger charge is 2.15. The molecule has 0 aliphatic heterocycles. The van der Waals surface area contributed by atoms with E-state index in [0.717, 1.165) is 0 Å². The fraction of sp³-hybridized carbons (Fsp3) is 0.636. The fourth-order valence-electron chi connectivity index (χ4n) is 1.47. The SMILES string of the molecule is CC(O)CN(C)c1ncnc(OC(C)C)c1N. The van der Waals surface area contributed by atoms with Crippen LogP contribution in [0.2, 0.25) is 0 Å². The van der Waals surface area contributed by atoms with Gasteiger partial charge in [-0.25, -0.2) is 4.98 Å². The zero-order valence-electron chi connectivity index (χ0n) is 10.7. The van der Waals surface area contributed by atoms with E-state index in [-0.39, 0.29) is 6.10 Å². The summed E-state index contributed by atoms with van der Waals surface area (Å²) in [7, 11) is 1.81. The molecule has 1 aromatic rings. The van der Waals surface area contributed by atoms with Crippen molar-refractivity contribution in [2.45, 2.75) is 33.0 Å². The lowest BCUT2D eigenvalue weighted by Crippen LogP contribution is -2.28. The predicted octanol–water partition coefficient (Wildman–Crippen LogP) is 0.663. The summed E-state index contributed by atoms with van der Waals surface area (Å²) < 4.78 is 5.48. The van der Waals surface area contributed by atoms with E-state index in [1.807, 2.05) is 20.9 Å². The van der Waals surface area contributed by atoms with E-state index in [4.69, 9.17) is 10.5 Å². The Morgan fingerprint density at radius 3 is 2.59 bits per heavy atom. The van der Waals surface area contributed by atoms with E-state index in [0.29, 0.717) is 23.9 Å². The molecule has 6 heteroatoms. The molecule has 0 aliphatic rings. The molecule has 6 nitrogen and oxygen atoms in total. The van der Waals surface area contributed by atoms with E-state index < -0.39 is 6.10 Å². The van der Waals surface area contributed by atoms with Crippen LogP contribution in [0.3, 0.4) is 0 Å². The first kappa shape index (κ1) is 13.5. The number of nitrogen functional groups attached to an aromatic ring is 1. The van der Waals surface area contributed by atoms with Gasteiger partial charge in [0.1, 0.15) is 12.0 Å². The van der Waals surface area contributed by atoms with Gasteiger partial charge in [0.05, 0.1) is 12.2 Å². The highest BCUT2D eigenvalue weighted by atomic mass is 16.5. The standard InChI is InChI=1S/C11H20N4O2/c1-7(2)17-11-9(12)10(13-6-14-11)15(4)5-8(3)16/h6-8,16H,5,12H2,1-4H3. The van der Waals surface area contributed by atoms with Crippen molar-refractivity contribution in [3.05, 3.63) is 6.33 Å². The quantitative estimate of drug-likeness (QED) is 0.786. The van der Waals surface area contributed by atoms with Crippen molar-refractivity contribution in [1.29, 1.82) is 0 Å². The van der Waals surface area contributed by atoms with Gasteiger partial charge >= 0.3 is 0 Å². The molecule has 0 saturated heterocycles. The maximum Gasteiger partial charge on any atom is 0.242 e. The van der Waals surface area contributed by atoms with Crippen LogP contribution < -0.4 is 15.4 Å². The Morgan fingerprint density at radius 1 is 1.41 bits per heavy atom. The Morgan fingerprint density at radius 2 is 2.06 bits per heavy atom. The topological polar surface area (TPSA) is 84.5 Å². The Bertz CT molecular complexity index is 368. The van der Waals surface area contributed by atoms with Crippen molar-refractivity contribution < 1.29 is 9.84 Å². The Hall–Kier alpha value is -1.56. The minimum absolute atomic E-state index is 0.00196. The molecule has 0 aromatic carbocycles. The fourth-order valence-corrected chi connectivity index (χ4v) is 1.47. The van der Waals surface area contributed by atoms with Gasteiger partial charge in [0.25, 0.3) is 0 Å². The molecule has 1 aromatic heterocycles. The second kappa shape index (κ2) is 5.67. The predicted molar refractivity (Wildman–Crippen MR) is 67.2 cm³/mol. The molecule has 17 heavy (non-hydrogen) atoms. The van der Waals surface area contributed by atoms with Gasteiger partial charge in [0.15, 0.2) is 5.82 Å². The van der Waals surface area contributed by atoms with Gasteiger partial charge in [-0.2, -0.15) is 4.98 Å². The number of rotatable bonds is 5. The van der Waals surface area contributed by atoms with Gasteiger partial charge < -0.3 is 20.5 Å². The molecule has 0 fully saturated rings. The number of aromatic nitrogens is 2. The van der Waals surface area contributed by atoms with Gasteiger partial charge in [0.2, 0.25) is 5.88 Å². The maximum absolute atomic E-state index is 9.33. The van der Waals surface area contributed by atoms with Crippen molar-refractivity contribution in [3.8, 4) is 5.88 Å². The molecular formula is C11H20N4O2. The number of nitrogens with zero attached hydrogens (tertiary/aromatic N) is 3. The lowest BCUT2D eigenvalue weighted by molar-refractivity contribution is 0.201. The van der Waals surface area contributed by atoms with Crippen molar-refractivity contribution in [2.24, 2.45) is 0 Å². The summed E-state index contributed by atoms with van der Waals surface area (Å²) in [5, 5.41) is 9.33. The van der Waals surface area contributed by atoms with E-state index in [1.165, 1.54) is 6.33 Å². The van der Waals surface area contributed by atoms with Crippen LogP contribution in [-0.4, -0.2) is 40.9 Å². The zero-order chi connectivity index (χ0) is 13.0. The lowest BCUT2D eigenvalue weighted by Gasteiger charge is -2.22.